The molecule has 0 aromatic heterocycles. The molecular weight excluding hydrogens is 246 g/mol. The van der Waals surface area contributed by atoms with Crippen LogP contribution >= 0.6 is 11.6 Å². The van der Waals surface area contributed by atoms with E-state index in [2.05, 4.69) is 32.2 Å². The van der Waals surface area contributed by atoms with Crippen molar-refractivity contribution in [3.8, 4) is 0 Å². The molecule has 0 heterocycles. The standard InChI is InChI=1S/C15H24ClNO/c1-11(2)17-10-13(9-12(3)18-4)14-7-5-6-8-15(14)16/h5-8,11-13,17H,9-10H2,1-4H3. The van der Waals surface area contributed by atoms with Crippen molar-refractivity contribution in [1.82, 2.24) is 5.32 Å². The molecule has 0 radical (unpaired) electrons. The van der Waals surface area contributed by atoms with Crippen LogP contribution in [0.15, 0.2) is 24.3 Å². The first-order valence-corrected chi connectivity index (χ1v) is 6.93. The molecule has 0 fully saturated rings. The van der Waals surface area contributed by atoms with Crippen molar-refractivity contribution in [3.05, 3.63) is 34.9 Å². The van der Waals surface area contributed by atoms with Gasteiger partial charge in [-0.3, -0.25) is 0 Å². The van der Waals surface area contributed by atoms with E-state index in [9.17, 15) is 0 Å². The Labute approximate surface area is 116 Å². The van der Waals surface area contributed by atoms with Gasteiger partial charge in [0, 0.05) is 30.6 Å². The van der Waals surface area contributed by atoms with Gasteiger partial charge in [0.15, 0.2) is 0 Å². The summed E-state index contributed by atoms with van der Waals surface area (Å²) in [6, 6.07) is 8.56. The Morgan fingerprint density at radius 3 is 2.44 bits per heavy atom. The minimum absolute atomic E-state index is 0.236. The predicted octanol–water partition coefficient (Wildman–Crippen LogP) is 3.85. The van der Waals surface area contributed by atoms with Crippen molar-refractivity contribution in [3.63, 3.8) is 0 Å². The lowest BCUT2D eigenvalue weighted by molar-refractivity contribution is 0.104. The minimum atomic E-state index is 0.236. The van der Waals surface area contributed by atoms with Crippen LogP contribution in [0.2, 0.25) is 5.02 Å². The van der Waals surface area contributed by atoms with Crippen LogP contribution in [0.25, 0.3) is 0 Å². The maximum absolute atomic E-state index is 6.29. The van der Waals surface area contributed by atoms with Crippen LogP contribution in [0, 0.1) is 0 Å². The molecule has 0 saturated carbocycles. The number of halogens is 1. The zero-order valence-electron chi connectivity index (χ0n) is 11.7. The Hall–Kier alpha value is -0.570. The fourth-order valence-electron chi connectivity index (χ4n) is 2.00. The maximum Gasteiger partial charge on any atom is 0.0549 e. The molecule has 1 rings (SSSR count). The van der Waals surface area contributed by atoms with Crippen LogP contribution in [0.4, 0.5) is 0 Å². The normalized spacial score (nSPS) is 14.8. The van der Waals surface area contributed by atoms with E-state index in [0.29, 0.717) is 12.0 Å². The number of rotatable bonds is 7. The maximum atomic E-state index is 6.29. The van der Waals surface area contributed by atoms with E-state index in [0.717, 1.165) is 18.0 Å². The molecule has 0 spiro atoms. The van der Waals surface area contributed by atoms with E-state index in [1.807, 2.05) is 18.2 Å². The van der Waals surface area contributed by atoms with Gasteiger partial charge in [0.05, 0.1) is 6.10 Å². The molecule has 18 heavy (non-hydrogen) atoms. The lowest BCUT2D eigenvalue weighted by Gasteiger charge is -2.23. The monoisotopic (exact) mass is 269 g/mol. The summed E-state index contributed by atoms with van der Waals surface area (Å²) in [6.07, 6.45) is 1.21. The van der Waals surface area contributed by atoms with Crippen LogP contribution in [0.3, 0.4) is 0 Å². The third-order valence-electron chi connectivity index (χ3n) is 3.14. The lowest BCUT2D eigenvalue weighted by atomic mass is 9.93. The zero-order chi connectivity index (χ0) is 13.5. The van der Waals surface area contributed by atoms with Gasteiger partial charge in [-0.25, -0.2) is 0 Å². The van der Waals surface area contributed by atoms with Crippen LogP contribution in [0.1, 0.15) is 38.7 Å². The second-order valence-electron chi connectivity index (χ2n) is 5.06. The smallest absolute Gasteiger partial charge is 0.0549 e. The van der Waals surface area contributed by atoms with Crippen molar-refractivity contribution in [2.24, 2.45) is 0 Å². The van der Waals surface area contributed by atoms with E-state index in [4.69, 9.17) is 16.3 Å². The van der Waals surface area contributed by atoms with E-state index in [-0.39, 0.29) is 6.10 Å². The van der Waals surface area contributed by atoms with Gasteiger partial charge in [-0.15, -0.1) is 0 Å². The van der Waals surface area contributed by atoms with Crippen molar-refractivity contribution < 1.29 is 4.74 Å². The second-order valence-corrected chi connectivity index (χ2v) is 5.47. The van der Waals surface area contributed by atoms with Crippen molar-refractivity contribution in [2.45, 2.75) is 45.3 Å². The second kappa shape index (κ2) is 7.78. The van der Waals surface area contributed by atoms with Gasteiger partial charge in [0.1, 0.15) is 0 Å². The molecule has 0 saturated heterocycles. The average Bonchev–Trinajstić information content (AvgIpc) is 2.34. The number of methoxy groups -OCH3 is 1. The molecule has 0 bridgehead atoms. The van der Waals surface area contributed by atoms with E-state index >= 15 is 0 Å². The fraction of sp³-hybridized carbons (Fsp3) is 0.600. The average molecular weight is 270 g/mol. The molecule has 3 heteroatoms. The Morgan fingerprint density at radius 1 is 1.22 bits per heavy atom. The summed E-state index contributed by atoms with van der Waals surface area (Å²) in [7, 11) is 1.75. The number of hydrogen-bond donors (Lipinski definition) is 1. The highest BCUT2D eigenvalue weighted by molar-refractivity contribution is 6.31. The molecule has 1 aromatic rings. The van der Waals surface area contributed by atoms with Gasteiger partial charge >= 0.3 is 0 Å². The van der Waals surface area contributed by atoms with Crippen LogP contribution in [-0.2, 0) is 4.74 Å². The number of ether oxygens (including phenoxy) is 1. The predicted molar refractivity (Wildman–Crippen MR) is 78.4 cm³/mol. The highest BCUT2D eigenvalue weighted by Crippen LogP contribution is 2.28. The molecule has 1 N–H and O–H groups in total. The fourth-order valence-corrected chi connectivity index (χ4v) is 2.29. The highest BCUT2D eigenvalue weighted by Gasteiger charge is 2.17. The highest BCUT2D eigenvalue weighted by atomic mass is 35.5. The zero-order valence-corrected chi connectivity index (χ0v) is 12.5. The van der Waals surface area contributed by atoms with E-state index < -0.39 is 0 Å². The first kappa shape index (κ1) is 15.5. The van der Waals surface area contributed by atoms with Crippen molar-refractivity contribution in [2.75, 3.05) is 13.7 Å². The van der Waals surface area contributed by atoms with Crippen LogP contribution < -0.4 is 5.32 Å². The number of nitrogens with one attached hydrogen (secondary N) is 1. The van der Waals surface area contributed by atoms with Gasteiger partial charge in [0.2, 0.25) is 0 Å². The SMILES string of the molecule is COC(C)CC(CNC(C)C)c1ccccc1Cl. The van der Waals surface area contributed by atoms with Gasteiger partial charge in [0.25, 0.3) is 0 Å². The number of hydrogen-bond acceptors (Lipinski definition) is 2. The van der Waals surface area contributed by atoms with Gasteiger partial charge in [-0.1, -0.05) is 43.6 Å². The first-order valence-electron chi connectivity index (χ1n) is 6.55. The number of benzene rings is 1. The Morgan fingerprint density at radius 2 is 1.89 bits per heavy atom. The largest absolute Gasteiger partial charge is 0.382 e. The van der Waals surface area contributed by atoms with Crippen molar-refractivity contribution >= 4 is 11.6 Å². The van der Waals surface area contributed by atoms with E-state index in [1.165, 1.54) is 5.56 Å². The summed E-state index contributed by atoms with van der Waals surface area (Å²) < 4.78 is 5.38. The summed E-state index contributed by atoms with van der Waals surface area (Å²) in [4.78, 5) is 0. The molecule has 0 aliphatic rings. The van der Waals surface area contributed by atoms with Crippen molar-refractivity contribution in [1.29, 1.82) is 0 Å². The first-order chi connectivity index (χ1) is 8.54. The van der Waals surface area contributed by atoms with Crippen LogP contribution in [0.5, 0.6) is 0 Å². The van der Waals surface area contributed by atoms with Crippen LogP contribution in [-0.4, -0.2) is 25.8 Å². The third kappa shape index (κ3) is 4.97. The molecule has 2 nitrogen and oxygen atoms in total. The lowest BCUT2D eigenvalue weighted by Crippen LogP contribution is -2.29. The summed E-state index contributed by atoms with van der Waals surface area (Å²) in [5, 5.41) is 4.33. The topological polar surface area (TPSA) is 21.3 Å². The molecular formula is C15H24ClNO. The molecule has 2 atom stereocenters. The van der Waals surface area contributed by atoms with Gasteiger partial charge in [-0.05, 0) is 25.0 Å². The summed E-state index contributed by atoms with van der Waals surface area (Å²) in [5.74, 6) is 0.385. The molecule has 0 amide bonds. The quantitative estimate of drug-likeness (QED) is 0.812. The molecule has 2 unspecified atom stereocenters. The van der Waals surface area contributed by atoms with Gasteiger partial charge < -0.3 is 10.1 Å². The summed E-state index contributed by atoms with van der Waals surface area (Å²) in [5.41, 5.74) is 1.20. The van der Waals surface area contributed by atoms with Gasteiger partial charge in [-0.2, -0.15) is 0 Å². The Kier molecular flexibility index (Phi) is 6.69. The molecule has 1 aromatic carbocycles. The Balaban J connectivity index is 2.79. The third-order valence-corrected chi connectivity index (χ3v) is 3.48. The molecule has 0 aliphatic carbocycles. The summed E-state index contributed by atoms with van der Waals surface area (Å²) in [6.45, 7) is 7.33. The molecule has 0 aliphatic heterocycles. The Bertz CT molecular complexity index is 354. The molecule has 102 valence electrons. The van der Waals surface area contributed by atoms with E-state index in [1.54, 1.807) is 7.11 Å². The summed E-state index contributed by atoms with van der Waals surface area (Å²) >= 11 is 6.29. The minimum Gasteiger partial charge on any atom is -0.382 e.